The van der Waals surface area contributed by atoms with Crippen LogP contribution in [-0.4, -0.2) is 48.4 Å². The van der Waals surface area contributed by atoms with E-state index in [-0.39, 0.29) is 11.8 Å². The van der Waals surface area contributed by atoms with Crippen molar-refractivity contribution in [3.05, 3.63) is 71.3 Å². The van der Waals surface area contributed by atoms with Crippen molar-refractivity contribution in [3.8, 4) is 22.5 Å². The molecule has 176 valence electrons. The maximum atomic E-state index is 12.2. The number of hydrogen-bond acceptors (Lipinski definition) is 6. The van der Waals surface area contributed by atoms with Crippen molar-refractivity contribution in [2.24, 2.45) is 0 Å². The molecule has 2 heterocycles. The largest absolute Gasteiger partial charge is 0.477 e. The van der Waals surface area contributed by atoms with Gasteiger partial charge >= 0.3 is 5.97 Å². The van der Waals surface area contributed by atoms with E-state index in [1.807, 2.05) is 60.0 Å². The van der Waals surface area contributed by atoms with Crippen LogP contribution in [0, 0.1) is 0 Å². The van der Waals surface area contributed by atoms with Crippen LogP contribution >= 0.6 is 0 Å². The zero-order valence-electron chi connectivity index (χ0n) is 19.5. The zero-order chi connectivity index (χ0) is 24.1. The summed E-state index contributed by atoms with van der Waals surface area (Å²) in [6.45, 7) is 4.43. The highest BCUT2D eigenvalue weighted by atomic mass is 16.5. The Bertz CT molecular complexity index is 1240. The first-order valence-electron chi connectivity index (χ1n) is 11.3. The number of ether oxygens (including phenoxy) is 1. The van der Waals surface area contributed by atoms with Gasteiger partial charge in [0.15, 0.2) is 5.69 Å². The molecule has 4 aromatic rings. The number of tetrazole rings is 1. The predicted octanol–water partition coefficient (Wildman–Crippen LogP) is 4.53. The number of rotatable bonds is 10. The number of H-pyrrole nitrogens is 1. The van der Waals surface area contributed by atoms with Gasteiger partial charge in [-0.25, -0.2) is 9.78 Å². The lowest BCUT2D eigenvalue weighted by atomic mass is 9.98. The molecule has 2 N–H and O–H groups in total. The Labute approximate surface area is 197 Å². The summed E-state index contributed by atoms with van der Waals surface area (Å²) >= 11 is 0. The van der Waals surface area contributed by atoms with Gasteiger partial charge in [-0.05, 0) is 34.7 Å². The summed E-state index contributed by atoms with van der Waals surface area (Å²) in [5.41, 5.74) is 4.55. The first-order chi connectivity index (χ1) is 16.6. The molecule has 0 aliphatic heterocycles. The summed E-state index contributed by atoms with van der Waals surface area (Å²) in [7, 11) is 1.59. The van der Waals surface area contributed by atoms with Gasteiger partial charge in [0.1, 0.15) is 17.6 Å². The Morgan fingerprint density at radius 3 is 2.44 bits per heavy atom. The molecule has 9 nitrogen and oxygen atoms in total. The average molecular weight is 461 g/mol. The number of aryl methyl sites for hydroxylation is 1. The Morgan fingerprint density at radius 1 is 1.12 bits per heavy atom. The number of nitrogens with zero attached hydrogens (tertiary/aromatic N) is 5. The zero-order valence-corrected chi connectivity index (χ0v) is 19.5. The fraction of sp³-hybridized carbons (Fsp3) is 0.320. The molecule has 2 aromatic carbocycles. The molecule has 1 atom stereocenters. The molecular weight excluding hydrogens is 432 g/mol. The molecular formula is C25H28N6O3. The number of aromatic amines is 1. The molecule has 0 saturated carbocycles. The van der Waals surface area contributed by atoms with Crippen LogP contribution in [0.25, 0.3) is 22.5 Å². The molecule has 0 bridgehead atoms. The van der Waals surface area contributed by atoms with Crippen molar-refractivity contribution in [1.82, 2.24) is 30.2 Å². The highest BCUT2D eigenvalue weighted by molar-refractivity contribution is 5.87. The highest BCUT2D eigenvalue weighted by Crippen LogP contribution is 2.30. The fourth-order valence-corrected chi connectivity index (χ4v) is 4.20. The van der Waals surface area contributed by atoms with Crippen molar-refractivity contribution >= 4 is 5.97 Å². The number of hydrogen-bond donors (Lipinski definition) is 2. The quantitative estimate of drug-likeness (QED) is 0.357. The second kappa shape index (κ2) is 10.4. The molecule has 1 unspecified atom stereocenters. The molecule has 0 radical (unpaired) electrons. The molecule has 4 rings (SSSR count). The standard InChI is InChI=1S/C25H28N6O3/c1-4-8-21-26-22(20(5-2)34-3)23(25(32)33)31(21)15-16-11-13-17(14-12-16)18-9-6-7-10-19(18)24-27-29-30-28-24/h6-7,9-14,20H,4-5,8,15H2,1-3H3,(H,32,33)(H,27,28,29,30). The SMILES string of the molecule is CCCc1nc(C(CC)OC)c(C(=O)O)n1Cc1ccc(-c2ccccc2-c2nn[nH]n2)cc1. The van der Waals surface area contributed by atoms with Gasteiger partial charge in [0.05, 0.1) is 0 Å². The van der Waals surface area contributed by atoms with E-state index in [1.54, 1.807) is 7.11 Å². The van der Waals surface area contributed by atoms with E-state index in [0.717, 1.165) is 34.5 Å². The summed E-state index contributed by atoms with van der Waals surface area (Å²) in [4.78, 5) is 16.9. The van der Waals surface area contributed by atoms with Crippen molar-refractivity contribution in [2.45, 2.75) is 45.8 Å². The molecule has 0 spiro atoms. The number of methoxy groups -OCH3 is 1. The van der Waals surface area contributed by atoms with Crippen molar-refractivity contribution < 1.29 is 14.6 Å². The van der Waals surface area contributed by atoms with Gasteiger partial charge in [-0.1, -0.05) is 62.4 Å². The third-order valence-electron chi connectivity index (χ3n) is 5.83. The van der Waals surface area contributed by atoms with E-state index in [0.29, 0.717) is 30.9 Å². The lowest BCUT2D eigenvalue weighted by Gasteiger charge is -2.14. The maximum Gasteiger partial charge on any atom is 0.354 e. The summed E-state index contributed by atoms with van der Waals surface area (Å²) in [5.74, 6) is 0.299. The van der Waals surface area contributed by atoms with Crippen LogP contribution in [0.2, 0.25) is 0 Å². The van der Waals surface area contributed by atoms with Crippen molar-refractivity contribution in [3.63, 3.8) is 0 Å². The van der Waals surface area contributed by atoms with Crippen LogP contribution in [0.5, 0.6) is 0 Å². The topological polar surface area (TPSA) is 119 Å². The monoisotopic (exact) mass is 460 g/mol. The van der Waals surface area contributed by atoms with Crippen LogP contribution in [-0.2, 0) is 17.7 Å². The van der Waals surface area contributed by atoms with Gasteiger partial charge in [0, 0.05) is 25.6 Å². The van der Waals surface area contributed by atoms with E-state index < -0.39 is 5.97 Å². The average Bonchev–Trinajstić information content (AvgIpc) is 3.50. The van der Waals surface area contributed by atoms with E-state index in [2.05, 4.69) is 27.5 Å². The molecule has 0 saturated heterocycles. The summed E-state index contributed by atoms with van der Waals surface area (Å²) < 4.78 is 7.33. The first kappa shape index (κ1) is 23.3. The molecule has 0 amide bonds. The number of aromatic carboxylic acids is 1. The van der Waals surface area contributed by atoms with Crippen molar-refractivity contribution in [1.29, 1.82) is 0 Å². The smallest absolute Gasteiger partial charge is 0.354 e. The Balaban J connectivity index is 1.69. The number of benzene rings is 2. The van der Waals surface area contributed by atoms with Gasteiger partial charge in [0.2, 0.25) is 5.82 Å². The van der Waals surface area contributed by atoms with E-state index >= 15 is 0 Å². The van der Waals surface area contributed by atoms with Crippen LogP contribution in [0.1, 0.15) is 60.4 Å². The Hall–Kier alpha value is -3.85. The van der Waals surface area contributed by atoms with Crippen LogP contribution in [0.4, 0.5) is 0 Å². The lowest BCUT2D eigenvalue weighted by Crippen LogP contribution is -2.15. The second-order valence-corrected chi connectivity index (χ2v) is 8.01. The third kappa shape index (κ3) is 4.60. The van der Waals surface area contributed by atoms with Gasteiger partial charge in [-0.2, -0.15) is 5.21 Å². The van der Waals surface area contributed by atoms with Gasteiger partial charge in [-0.3, -0.25) is 0 Å². The summed E-state index contributed by atoms with van der Waals surface area (Å²) in [6.07, 6.45) is 1.85. The minimum Gasteiger partial charge on any atom is -0.477 e. The normalized spacial score (nSPS) is 12.1. The van der Waals surface area contributed by atoms with E-state index in [1.165, 1.54) is 0 Å². The molecule has 0 aliphatic rings. The predicted molar refractivity (Wildman–Crippen MR) is 127 cm³/mol. The number of nitrogens with one attached hydrogen (secondary N) is 1. The number of carboxylic acids is 1. The fourth-order valence-electron chi connectivity index (χ4n) is 4.20. The molecule has 2 aromatic heterocycles. The number of carboxylic acid groups (broad SMARTS) is 1. The molecule has 9 heteroatoms. The maximum absolute atomic E-state index is 12.2. The van der Waals surface area contributed by atoms with E-state index in [9.17, 15) is 9.90 Å². The van der Waals surface area contributed by atoms with Gasteiger partial charge in [-0.15, -0.1) is 10.2 Å². The molecule has 34 heavy (non-hydrogen) atoms. The molecule has 0 fully saturated rings. The summed E-state index contributed by atoms with van der Waals surface area (Å²) in [5, 5.41) is 24.4. The Morgan fingerprint density at radius 2 is 1.85 bits per heavy atom. The lowest BCUT2D eigenvalue weighted by molar-refractivity contribution is 0.0660. The molecule has 0 aliphatic carbocycles. The minimum atomic E-state index is -0.994. The third-order valence-corrected chi connectivity index (χ3v) is 5.83. The Kier molecular flexibility index (Phi) is 7.12. The van der Waals surface area contributed by atoms with Crippen LogP contribution in [0.15, 0.2) is 48.5 Å². The number of imidazole rings is 1. The highest BCUT2D eigenvalue weighted by Gasteiger charge is 2.27. The number of aromatic nitrogens is 6. The van der Waals surface area contributed by atoms with Crippen LogP contribution < -0.4 is 0 Å². The van der Waals surface area contributed by atoms with Crippen LogP contribution in [0.3, 0.4) is 0 Å². The van der Waals surface area contributed by atoms with Gasteiger partial charge in [0.25, 0.3) is 0 Å². The second-order valence-electron chi connectivity index (χ2n) is 8.01. The first-order valence-corrected chi connectivity index (χ1v) is 11.3. The van der Waals surface area contributed by atoms with Crippen molar-refractivity contribution in [2.75, 3.05) is 7.11 Å². The minimum absolute atomic E-state index is 0.198. The number of carbonyl (C=O) groups is 1. The van der Waals surface area contributed by atoms with Gasteiger partial charge < -0.3 is 14.4 Å². The summed E-state index contributed by atoms with van der Waals surface area (Å²) in [6, 6.07) is 15.9. The van der Waals surface area contributed by atoms with E-state index in [4.69, 9.17) is 9.72 Å².